The van der Waals surface area contributed by atoms with Crippen LogP contribution in [0, 0.1) is 6.92 Å². The van der Waals surface area contributed by atoms with Crippen molar-refractivity contribution in [1.29, 1.82) is 0 Å². The molecular weight excluding hydrogens is 146 g/mol. The number of nitrogens with two attached hydrogens (primary N) is 1. The van der Waals surface area contributed by atoms with Crippen LogP contribution < -0.4 is 5.73 Å². The third kappa shape index (κ3) is 1.16. The van der Waals surface area contributed by atoms with Crippen LogP contribution in [0.1, 0.15) is 16.7 Å². The molecule has 0 aromatic heterocycles. The van der Waals surface area contributed by atoms with E-state index in [-0.39, 0.29) is 0 Å². The van der Waals surface area contributed by atoms with Crippen LogP contribution in [-0.2, 0) is 6.42 Å². The van der Waals surface area contributed by atoms with Gasteiger partial charge in [-0.3, -0.25) is 0 Å². The summed E-state index contributed by atoms with van der Waals surface area (Å²) in [6, 6.07) is 6.58. The lowest BCUT2D eigenvalue weighted by Crippen LogP contribution is -2.01. The van der Waals surface area contributed by atoms with E-state index in [0.717, 1.165) is 6.42 Å². The van der Waals surface area contributed by atoms with Crippen LogP contribution in [0.4, 0.5) is 0 Å². The molecule has 0 saturated carbocycles. The predicted molar refractivity (Wildman–Crippen MR) is 51.9 cm³/mol. The van der Waals surface area contributed by atoms with E-state index in [1.165, 1.54) is 22.3 Å². The Hall–Kier alpha value is -1.08. The summed E-state index contributed by atoms with van der Waals surface area (Å²) in [5, 5.41) is 0. The largest absolute Gasteiger partial charge is 0.327 e. The fourth-order valence-electron chi connectivity index (χ4n) is 1.66. The highest BCUT2D eigenvalue weighted by atomic mass is 14.5. The Morgan fingerprint density at radius 1 is 1.42 bits per heavy atom. The fourth-order valence-corrected chi connectivity index (χ4v) is 1.66. The van der Waals surface area contributed by atoms with Crippen molar-refractivity contribution < 1.29 is 0 Å². The summed E-state index contributed by atoms with van der Waals surface area (Å²) in [5.41, 5.74) is 11.0. The van der Waals surface area contributed by atoms with E-state index in [2.05, 4.69) is 31.2 Å². The second-order valence-corrected chi connectivity index (χ2v) is 3.39. The zero-order chi connectivity index (χ0) is 8.55. The summed E-state index contributed by atoms with van der Waals surface area (Å²) >= 11 is 0. The van der Waals surface area contributed by atoms with Crippen LogP contribution in [0.3, 0.4) is 0 Å². The van der Waals surface area contributed by atoms with Gasteiger partial charge in [0.2, 0.25) is 0 Å². The van der Waals surface area contributed by atoms with Crippen LogP contribution in [0.5, 0.6) is 0 Å². The van der Waals surface area contributed by atoms with E-state index < -0.39 is 0 Å². The fraction of sp³-hybridized carbons (Fsp3) is 0.273. The summed E-state index contributed by atoms with van der Waals surface area (Å²) in [4.78, 5) is 0. The molecule has 2 rings (SSSR count). The van der Waals surface area contributed by atoms with Crippen molar-refractivity contribution in [2.75, 3.05) is 6.54 Å². The first-order valence-corrected chi connectivity index (χ1v) is 4.28. The molecule has 1 heteroatoms. The van der Waals surface area contributed by atoms with Gasteiger partial charge < -0.3 is 5.73 Å². The first-order valence-electron chi connectivity index (χ1n) is 4.28. The van der Waals surface area contributed by atoms with Gasteiger partial charge in [0, 0.05) is 6.54 Å². The standard InChI is InChI=1S/C11H13N/c1-8-2-3-10-5-9(7-12)6-11(10)4-8/h2-4,6H,5,7,12H2,1H3. The van der Waals surface area contributed by atoms with Gasteiger partial charge in [0.1, 0.15) is 0 Å². The molecule has 0 fully saturated rings. The summed E-state index contributed by atoms with van der Waals surface area (Å²) < 4.78 is 0. The third-order valence-corrected chi connectivity index (χ3v) is 2.34. The number of benzene rings is 1. The van der Waals surface area contributed by atoms with Crippen molar-refractivity contribution in [1.82, 2.24) is 0 Å². The van der Waals surface area contributed by atoms with Crippen LogP contribution in [0.15, 0.2) is 23.8 Å². The van der Waals surface area contributed by atoms with Crippen molar-refractivity contribution in [3.8, 4) is 0 Å². The molecule has 1 nitrogen and oxygen atoms in total. The normalized spacial score (nSPS) is 14.3. The van der Waals surface area contributed by atoms with Gasteiger partial charge in [-0.2, -0.15) is 0 Å². The second kappa shape index (κ2) is 2.76. The Kier molecular flexibility index (Phi) is 1.74. The molecule has 0 radical (unpaired) electrons. The predicted octanol–water partition coefficient (Wildman–Crippen LogP) is 1.89. The molecule has 1 aromatic carbocycles. The summed E-state index contributed by atoms with van der Waals surface area (Å²) in [5.74, 6) is 0. The molecular formula is C11H13N. The lowest BCUT2D eigenvalue weighted by Gasteiger charge is -1.98. The van der Waals surface area contributed by atoms with Crippen LogP contribution in [0.25, 0.3) is 6.08 Å². The Labute approximate surface area is 72.9 Å². The summed E-state index contributed by atoms with van der Waals surface area (Å²) in [6.45, 7) is 2.81. The van der Waals surface area contributed by atoms with E-state index in [1.807, 2.05) is 0 Å². The Bertz CT molecular complexity index is 337. The van der Waals surface area contributed by atoms with Crippen molar-refractivity contribution in [3.05, 3.63) is 40.5 Å². The molecule has 0 spiro atoms. The number of rotatable bonds is 1. The lowest BCUT2D eigenvalue weighted by molar-refractivity contribution is 1.07. The molecule has 62 valence electrons. The number of fused-ring (bicyclic) bond motifs is 1. The highest BCUT2D eigenvalue weighted by Gasteiger charge is 2.10. The molecule has 0 amide bonds. The monoisotopic (exact) mass is 159 g/mol. The maximum absolute atomic E-state index is 5.58. The van der Waals surface area contributed by atoms with Gasteiger partial charge in [-0.15, -0.1) is 0 Å². The first kappa shape index (κ1) is 7.56. The highest BCUT2D eigenvalue weighted by Crippen LogP contribution is 2.24. The molecule has 0 saturated heterocycles. The third-order valence-electron chi connectivity index (χ3n) is 2.34. The molecule has 1 aliphatic rings. The van der Waals surface area contributed by atoms with Crippen LogP contribution in [-0.4, -0.2) is 6.54 Å². The van der Waals surface area contributed by atoms with Gasteiger partial charge in [-0.1, -0.05) is 35.4 Å². The molecule has 1 aliphatic carbocycles. The van der Waals surface area contributed by atoms with Crippen molar-refractivity contribution in [2.45, 2.75) is 13.3 Å². The van der Waals surface area contributed by atoms with E-state index in [0.29, 0.717) is 6.54 Å². The average Bonchev–Trinajstić information content (AvgIpc) is 2.46. The van der Waals surface area contributed by atoms with Crippen LogP contribution in [0.2, 0.25) is 0 Å². The maximum atomic E-state index is 5.58. The minimum atomic E-state index is 0.688. The quantitative estimate of drug-likeness (QED) is 0.665. The molecule has 0 bridgehead atoms. The molecule has 2 N–H and O–H groups in total. The molecule has 0 heterocycles. The highest BCUT2D eigenvalue weighted by molar-refractivity contribution is 5.64. The van der Waals surface area contributed by atoms with Crippen molar-refractivity contribution >= 4 is 6.08 Å². The van der Waals surface area contributed by atoms with Gasteiger partial charge >= 0.3 is 0 Å². The molecule has 0 unspecified atom stereocenters. The van der Waals surface area contributed by atoms with Gasteiger partial charge in [0.05, 0.1) is 0 Å². The zero-order valence-electron chi connectivity index (χ0n) is 7.30. The number of hydrogen-bond acceptors (Lipinski definition) is 1. The smallest absolute Gasteiger partial charge is 0.0143 e. The van der Waals surface area contributed by atoms with Crippen LogP contribution >= 0.6 is 0 Å². The number of hydrogen-bond donors (Lipinski definition) is 1. The first-order chi connectivity index (χ1) is 5.79. The van der Waals surface area contributed by atoms with Gasteiger partial charge in [0.15, 0.2) is 0 Å². The second-order valence-electron chi connectivity index (χ2n) is 3.39. The Morgan fingerprint density at radius 3 is 3.00 bits per heavy atom. The summed E-state index contributed by atoms with van der Waals surface area (Å²) in [6.07, 6.45) is 3.26. The van der Waals surface area contributed by atoms with E-state index in [1.54, 1.807) is 0 Å². The maximum Gasteiger partial charge on any atom is 0.0143 e. The van der Waals surface area contributed by atoms with Crippen molar-refractivity contribution in [3.63, 3.8) is 0 Å². The molecule has 1 aromatic rings. The zero-order valence-corrected chi connectivity index (χ0v) is 7.30. The Morgan fingerprint density at radius 2 is 2.25 bits per heavy atom. The van der Waals surface area contributed by atoms with Gasteiger partial charge in [-0.05, 0) is 24.5 Å². The molecule has 0 aliphatic heterocycles. The summed E-state index contributed by atoms with van der Waals surface area (Å²) in [7, 11) is 0. The minimum Gasteiger partial charge on any atom is -0.327 e. The topological polar surface area (TPSA) is 26.0 Å². The van der Waals surface area contributed by atoms with Gasteiger partial charge in [0.25, 0.3) is 0 Å². The number of aryl methyl sites for hydroxylation is 1. The Balaban J connectivity index is 2.42. The van der Waals surface area contributed by atoms with E-state index >= 15 is 0 Å². The minimum absolute atomic E-state index is 0.688. The van der Waals surface area contributed by atoms with Gasteiger partial charge in [-0.25, -0.2) is 0 Å². The average molecular weight is 159 g/mol. The molecule has 0 atom stereocenters. The van der Waals surface area contributed by atoms with E-state index in [9.17, 15) is 0 Å². The van der Waals surface area contributed by atoms with Crippen molar-refractivity contribution in [2.24, 2.45) is 5.73 Å². The molecule has 12 heavy (non-hydrogen) atoms. The lowest BCUT2D eigenvalue weighted by atomic mass is 10.1. The SMILES string of the molecule is Cc1ccc2c(c1)C=C(CN)C2. The van der Waals surface area contributed by atoms with E-state index in [4.69, 9.17) is 5.73 Å².